The van der Waals surface area contributed by atoms with Gasteiger partial charge in [0.05, 0.1) is 13.3 Å². The van der Waals surface area contributed by atoms with Crippen LogP contribution in [0.2, 0.25) is 5.02 Å². The Hall–Kier alpha value is -2.90. The van der Waals surface area contributed by atoms with E-state index in [9.17, 15) is 4.79 Å². The number of hydrogen-bond donors (Lipinski definition) is 1. The number of carbonyl (C=O) groups is 1. The molecule has 0 aliphatic rings. The van der Waals surface area contributed by atoms with E-state index in [0.717, 1.165) is 10.0 Å². The van der Waals surface area contributed by atoms with Gasteiger partial charge in [-0.05, 0) is 57.9 Å². The van der Waals surface area contributed by atoms with Crippen molar-refractivity contribution in [1.82, 2.24) is 10.4 Å². The van der Waals surface area contributed by atoms with E-state index >= 15 is 0 Å². The molecule has 0 atom stereocenters. The summed E-state index contributed by atoms with van der Waals surface area (Å²) in [4.78, 5) is 16.0. The molecule has 1 aromatic heterocycles. The highest BCUT2D eigenvalue weighted by molar-refractivity contribution is 9.10. The van der Waals surface area contributed by atoms with E-state index in [4.69, 9.17) is 21.1 Å². The predicted molar refractivity (Wildman–Crippen MR) is 116 cm³/mol. The Bertz CT molecular complexity index is 1010. The van der Waals surface area contributed by atoms with E-state index in [0.29, 0.717) is 28.7 Å². The summed E-state index contributed by atoms with van der Waals surface area (Å²) in [5, 5.41) is 4.66. The fraction of sp³-hybridized carbons (Fsp3) is 0.0952. The Morgan fingerprint density at radius 2 is 2.00 bits per heavy atom. The average Bonchev–Trinajstić information content (AvgIpc) is 2.75. The van der Waals surface area contributed by atoms with E-state index in [1.54, 1.807) is 43.6 Å². The third-order valence-corrected chi connectivity index (χ3v) is 4.80. The molecule has 2 aromatic carbocycles. The zero-order chi connectivity index (χ0) is 20.6. The van der Waals surface area contributed by atoms with E-state index in [1.807, 2.05) is 24.3 Å². The molecule has 1 N–H and O–H groups in total. The van der Waals surface area contributed by atoms with Crippen LogP contribution in [0.5, 0.6) is 11.5 Å². The lowest BCUT2D eigenvalue weighted by atomic mass is 10.2. The molecule has 0 bridgehead atoms. The maximum atomic E-state index is 12.0. The lowest BCUT2D eigenvalue weighted by Gasteiger charge is -2.13. The normalized spacial score (nSPS) is 10.7. The van der Waals surface area contributed by atoms with Gasteiger partial charge in [0, 0.05) is 21.3 Å². The number of ether oxygens (including phenoxy) is 2. The number of halogens is 2. The van der Waals surface area contributed by atoms with Crippen molar-refractivity contribution >= 4 is 39.7 Å². The van der Waals surface area contributed by atoms with Crippen LogP contribution < -0.4 is 14.9 Å². The van der Waals surface area contributed by atoms with E-state index in [1.165, 1.54) is 6.21 Å². The predicted octanol–water partition coefficient (Wildman–Crippen LogP) is 4.85. The first-order chi connectivity index (χ1) is 14.1. The van der Waals surface area contributed by atoms with Crippen LogP contribution in [0.3, 0.4) is 0 Å². The van der Waals surface area contributed by atoms with Crippen molar-refractivity contribution in [2.45, 2.75) is 6.61 Å². The Kier molecular flexibility index (Phi) is 7.21. The number of benzene rings is 2. The highest BCUT2D eigenvalue weighted by atomic mass is 79.9. The summed E-state index contributed by atoms with van der Waals surface area (Å²) in [5.41, 5.74) is 4.42. The first kappa shape index (κ1) is 20.8. The zero-order valence-electron chi connectivity index (χ0n) is 15.4. The molecule has 29 heavy (non-hydrogen) atoms. The molecule has 0 fully saturated rings. The number of hydrazone groups is 1. The fourth-order valence-corrected chi connectivity index (χ4v) is 2.93. The topological polar surface area (TPSA) is 72.8 Å². The summed E-state index contributed by atoms with van der Waals surface area (Å²) in [5.74, 6) is 0.719. The second-order valence-corrected chi connectivity index (χ2v) is 7.14. The van der Waals surface area contributed by atoms with Crippen LogP contribution in [0, 0.1) is 0 Å². The quantitative estimate of drug-likeness (QED) is 0.392. The van der Waals surface area contributed by atoms with E-state index < -0.39 is 5.91 Å². The second kappa shape index (κ2) is 10.0. The molecule has 0 aliphatic carbocycles. The van der Waals surface area contributed by atoms with Gasteiger partial charge in [0.2, 0.25) is 0 Å². The Balaban J connectivity index is 1.68. The number of pyridine rings is 1. The van der Waals surface area contributed by atoms with Gasteiger partial charge >= 0.3 is 0 Å². The first-order valence-electron chi connectivity index (χ1n) is 8.56. The van der Waals surface area contributed by atoms with Crippen molar-refractivity contribution in [1.29, 1.82) is 0 Å². The minimum atomic E-state index is -0.396. The van der Waals surface area contributed by atoms with Gasteiger partial charge < -0.3 is 9.47 Å². The van der Waals surface area contributed by atoms with Crippen molar-refractivity contribution in [3.05, 3.63) is 87.1 Å². The maximum absolute atomic E-state index is 12.0. The molecule has 148 valence electrons. The van der Waals surface area contributed by atoms with Crippen LogP contribution in [0.15, 0.2) is 70.4 Å². The number of nitrogens with one attached hydrogen (secondary N) is 1. The lowest BCUT2D eigenvalue weighted by Crippen LogP contribution is -2.18. The summed E-state index contributed by atoms with van der Waals surface area (Å²) in [6, 6.07) is 16.0. The van der Waals surface area contributed by atoms with Crippen LogP contribution >= 0.6 is 27.5 Å². The number of nitrogens with zero attached hydrogens (tertiary/aromatic N) is 2. The van der Waals surface area contributed by atoms with Gasteiger partial charge in [-0.1, -0.05) is 29.8 Å². The monoisotopic (exact) mass is 473 g/mol. The summed E-state index contributed by atoms with van der Waals surface area (Å²) < 4.78 is 12.0. The number of carbonyl (C=O) groups excluding carboxylic acids is 1. The van der Waals surface area contributed by atoms with Crippen LogP contribution in [0.4, 0.5) is 0 Å². The molecular formula is C21H17BrClN3O3. The summed E-state index contributed by atoms with van der Waals surface area (Å²) in [6.45, 7) is 0.369. The summed E-state index contributed by atoms with van der Waals surface area (Å²) in [6.07, 6.45) is 3.05. The third-order valence-electron chi connectivity index (χ3n) is 3.86. The minimum absolute atomic E-state index is 0.284. The number of methoxy groups -OCH3 is 1. The molecule has 3 aromatic rings. The standard InChI is InChI=1S/C21H17BrClN3O3/c1-28-19-10-15(12-25-26-21(27)18-4-2-3-9-24-18)17(22)11-20(19)29-13-14-5-7-16(23)8-6-14/h2-12H,13H2,1H3,(H,26,27). The molecule has 0 saturated carbocycles. The van der Waals surface area contributed by atoms with Crippen LogP contribution in [0.25, 0.3) is 0 Å². The fourth-order valence-electron chi connectivity index (χ4n) is 2.38. The molecule has 0 saturated heterocycles. The van der Waals surface area contributed by atoms with Crippen molar-refractivity contribution in [2.75, 3.05) is 7.11 Å². The van der Waals surface area contributed by atoms with Crippen molar-refractivity contribution in [3.63, 3.8) is 0 Å². The molecule has 0 radical (unpaired) electrons. The van der Waals surface area contributed by atoms with Gasteiger partial charge in [-0.3, -0.25) is 9.78 Å². The number of amides is 1. The second-order valence-electron chi connectivity index (χ2n) is 5.85. The molecule has 0 aliphatic heterocycles. The Morgan fingerprint density at radius 1 is 1.21 bits per heavy atom. The van der Waals surface area contributed by atoms with Crippen LogP contribution in [0.1, 0.15) is 21.6 Å². The summed E-state index contributed by atoms with van der Waals surface area (Å²) in [7, 11) is 1.56. The third kappa shape index (κ3) is 5.79. The summed E-state index contributed by atoms with van der Waals surface area (Å²) >= 11 is 9.39. The molecule has 1 amide bonds. The number of aromatic nitrogens is 1. The first-order valence-corrected chi connectivity index (χ1v) is 9.73. The van der Waals surface area contributed by atoms with Gasteiger partial charge in [-0.15, -0.1) is 0 Å². The number of hydrogen-bond acceptors (Lipinski definition) is 5. The molecule has 8 heteroatoms. The lowest BCUT2D eigenvalue weighted by molar-refractivity contribution is 0.0950. The molecule has 1 heterocycles. The highest BCUT2D eigenvalue weighted by Gasteiger charge is 2.10. The van der Waals surface area contributed by atoms with Crippen molar-refractivity contribution < 1.29 is 14.3 Å². The molecule has 0 unspecified atom stereocenters. The van der Waals surface area contributed by atoms with Crippen LogP contribution in [-0.4, -0.2) is 24.2 Å². The van der Waals surface area contributed by atoms with Gasteiger partial charge in [-0.2, -0.15) is 5.10 Å². The van der Waals surface area contributed by atoms with E-state index in [2.05, 4.69) is 31.4 Å². The highest BCUT2D eigenvalue weighted by Crippen LogP contribution is 2.33. The van der Waals surface area contributed by atoms with Crippen molar-refractivity contribution in [2.24, 2.45) is 5.10 Å². The van der Waals surface area contributed by atoms with Gasteiger partial charge in [0.1, 0.15) is 12.3 Å². The smallest absolute Gasteiger partial charge is 0.289 e. The molecule has 6 nitrogen and oxygen atoms in total. The maximum Gasteiger partial charge on any atom is 0.289 e. The average molecular weight is 475 g/mol. The van der Waals surface area contributed by atoms with Gasteiger partial charge in [-0.25, -0.2) is 5.43 Å². The molecular weight excluding hydrogens is 458 g/mol. The SMILES string of the molecule is COc1cc(C=NNC(=O)c2ccccn2)c(Br)cc1OCc1ccc(Cl)cc1. The zero-order valence-corrected chi connectivity index (χ0v) is 17.8. The Labute approximate surface area is 181 Å². The molecule has 3 rings (SSSR count). The largest absolute Gasteiger partial charge is 0.493 e. The van der Waals surface area contributed by atoms with Crippen molar-refractivity contribution in [3.8, 4) is 11.5 Å². The molecule has 0 spiro atoms. The Morgan fingerprint density at radius 3 is 2.69 bits per heavy atom. The number of rotatable bonds is 7. The minimum Gasteiger partial charge on any atom is -0.493 e. The van der Waals surface area contributed by atoms with Gasteiger partial charge in [0.15, 0.2) is 11.5 Å². The van der Waals surface area contributed by atoms with Gasteiger partial charge in [0.25, 0.3) is 5.91 Å². The van der Waals surface area contributed by atoms with E-state index in [-0.39, 0.29) is 5.69 Å². The van der Waals surface area contributed by atoms with Crippen LogP contribution in [-0.2, 0) is 6.61 Å².